The SMILES string of the molecule is C=CCSCCNCc1csc(Br)c1. The van der Waals surface area contributed by atoms with Gasteiger partial charge in [0, 0.05) is 24.6 Å². The predicted octanol–water partition coefficient (Wildman–Crippen LogP) is 3.52. The van der Waals surface area contributed by atoms with E-state index in [2.05, 4.69) is 39.3 Å². The van der Waals surface area contributed by atoms with E-state index < -0.39 is 0 Å². The summed E-state index contributed by atoms with van der Waals surface area (Å²) < 4.78 is 1.20. The van der Waals surface area contributed by atoms with E-state index >= 15 is 0 Å². The van der Waals surface area contributed by atoms with Crippen molar-refractivity contribution in [1.82, 2.24) is 5.32 Å². The topological polar surface area (TPSA) is 12.0 Å². The summed E-state index contributed by atoms with van der Waals surface area (Å²) in [6.45, 7) is 5.71. The van der Waals surface area contributed by atoms with Crippen LogP contribution in [-0.4, -0.2) is 18.1 Å². The van der Waals surface area contributed by atoms with Crippen LogP contribution in [0.5, 0.6) is 0 Å². The number of rotatable bonds is 7. The molecule has 1 aromatic rings. The molecule has 1 aromatic heterocycles. The van der Waals surface area contributed by atoms with Gasteiger partial charge >= 0.3 is 0 Å². The highest BCUT2D eigenvalue weighted by molar-refractivity contribution is 9.11. The summed E-state index contributed by atoms with van der Waals surface area (Å²) in [6, 6.07) is 2.16. The molecule has 0 aliphatic heterocycles. The van der Waals surface area contributed by atoms with Crippen LogP contribution >= 0.6 is 39.0 Å². The lowest BCUT2D eigenvalue weighted by molar-refractivity contribution is 0.734. The minimum atomic E-state index is 0.969. The molecule has 78 valence electrons. The Bertz CT molecular complexity index is 273. The Morgan fingerprint density at radius 2 is 2.50 bits per heavy atom. The third-order valence-electron chi connectivity index (χ3n) is 1.61. The highest BCUT2D eigenvalue weighted by Crippen LogP contribution is 2.20. The Labute approximate surface area is 102 Å². The van der Waals surface area contributed by atoms with E-state index in [0.717, 1.165) is 24.6 Å². The second-order valence-electron chi connectivity index (χ2n) is 2.80. The number of nitrogens with one attached hydrogen (secondary N) is 1. The Morgan fingerprint density at radius 3 is 3.14 bits per heavy atom. The summed E-state index contributed by atoms with van der Waals surface area (Å²) in [7, 11) is 0. The van der Waals surface area contributed by atoms with Crippen LogP contribution in [0.3, 0.4) is 0 Å². The van der Waals surface area contributed by atoms with Crippen molar-refractivity contribution in [3.8, 4) is 0 Å². The number of thiophene rings is 1. The molecule has 0 saturated carbocycles. The van der Waals surface area contributed by atoms with Gasteiger partial charge in [-0.1, -0.05) is 6.08 Å². The van der Waals surface area contributed by atoms with Gasteiger partial charge in [-0.3, -0.25) is 0 Å². The molecule has 0 bridgehead atoms. The Balaban J connectivity index is 2.01. The summed E-state index contributed by atoms with van der Waals surface area (Å²) in [5.41, 5.74) is 1.36. The Hall–Kier alpha value is 0.230. The minimum Gasteiger partial charge on any atom is -0.312 e. The smallest absolute Gasteiger partial charge is 0.0701 e. The number of hydrogen-bond acceptors (Lipinski definition) is 3. The van der Waals surface area contributed by atoms with Gasteiger partial charge in [0.2, 0.25) is 0 Å². The van der Waals surface area contributed by atoms with Gasteiger partial charge in [-0.25, -0.2) is 0 Å². The molecule has 1 rings (SSSR count). The van der Waals surface area contributed by atoms with Gasteiger partial charge in [0.25, 0.3) is 0 Å². The largest absolute Gasteiger partial charge is 0.312 e. The van der Waals surface area contributed by atoms with Crippen molar-refractivity contribution in [2.24, 2.45) is 0 Å². The van der Waals surface area contributed by atoms with Crippen LogP contribution in [0.4, 0.5) is 0 Å². The average Bonchev–Trinajstić information content (AvgIpc) is 2.58. The van der Waals surface area contributed by atoms with Crippen LogP contribution in [0.15, 0.2) is 27.9 Å². The summed E-state index contributed by atoms with van der Waals surface area (Å²) in [6.07, 6.45) is 1.95. The van der Waals surface area contributed by atoms with Gasteiger partial charge in [0.1, 0.15) is 0 Å². The van der Waals surface area contributed by atoms with Crippen LogP contribution < -0.4 is 5.32 Å². The molecular formula is C10H14BrNS2. The molecule has 14 heavy (non-hydrogen) atoms. The highest BCUT2D eigenvalue weighted by Gasteiger charge is 1.95. The van der Waals surface area contributed by atoms with Crippen LogP contribution in [0, 0.1) is 0 Å². The molecular weight excluding hydrogens is 278 g/mol. The van der Waals surface area contributed by atoms with Crippen molar-refractivity contribution in [1.29, 1.82) is 0 Å². The molecule has 1 N–H and O–H groups in total. The van der Waals surface area contributed by atoms with Crippen LogP contribution in [0.2, 0.25) is 0 Å². The van der Waals surface area contributed by atoms with Gasteiger partial charge < -0.3 is 5.32 Å². The number of thioether (sulfide) groups is 1. The highest BCUT2D eigenvalue weighted by atomic mass is 79.9. The molecule has 0 radical (unpaired) electrons. The summed E-state index contributed by atoms with van der Waals surface area (Å²) in [5, 5.41) is 5.58. The predicted molar refractivity (Wildman–Crippen MR) is 71.2 cm³/mol. The van der Waals surface area contributed by atoms with Crippen molar-refractivity contribution >= 4 is 39.0 Å². The van der Waals surface area contributed by atoms with Crippen LogP contribution in [0.25, 0.3) is 0 Å². The van der Waals surface area contributed by atoms with Crippen molar-refractivity contribution in [2.75, 3.05) is 18.1 Å². The lowest BCUT2D eigenvalue weighted by atomic mass is 10.3. The minimum absolute atomic E-state index is 0.969. The number of halogens is 1. The Kier molecular flexibility index (Phi) is 6.60. The fraction of sp³-hybridized carbons (Fsp3) is 0.400. The monoisotopic (exact) mass is 291 g/mol. The number of hydrogen-bond donors (Lipinski definition) is 1. The van der Waals surface area contributed by atoms with Gasteiger partial charge in [-0.2, -0.15) is 11.8 Å². The molecule has 4 heteroatoms. The zero-order valence-corrected chi connectivity index (χ0v) is 11.2. The standard InChI is InChI=1S/C10H14BrNS2/c1-2-4-13-5-3-12-7-9-6-10(11)14-8-9/h2,6,8,12H,1,3-5,7H2. The zero-order valence-electron chi connectivity index (χ0n) is 7.96. The van der Waals surface area contributed by atoms with Crippen molar-refractivity contribution in [3.63, 3.8) is 0 Å². The fourth-order valence-corrected chi connectivity index (χ4v) is 2.81. The summed E-state index contributed by atoms with van der Waals surface area (Å²) >= 11 is 7.09. The summed E-state index contributed by atoms with van der Waals surface area (Å²) in [4.78, 5) is 0. The summed E-state index contributed by atoms with van der Waals surface area (Å²) in [5.74, 6) is 2.20. The lowest BCUT2D eigenvalue weighted by Gasteiger charge is -2.01. The zero-order chi connectivity index (χ0) is 10.2. The van der Waals surface area contributed by atoms with Crippen molar-refractivity contribution < 1.29 is 0 Å². The van der Waals surface area contributed by atoms with Gasteiger partial charge in [-0.05, 0) is 32.9 Å². The first-order valence-corrected chi connectivity index (χ1v) is 7.28. The molecule has 0 aliphatic rings. The third-order valence-corrected chi connectivity index (χ3v) is 4.13. The second-order valence-corrected chi connectivity index (χ2v) is 6.24. The maximum absolute atomic E-state index is 3.68. The van der Waals surface area contributed by atoms with Gasteiger partial charge in [0.15, 0.2) is 0 Å². The maximum atomic E-state index is 3.68. The Morgan fingerprint density at radius 1 is 1.64 bits per heavy atom. The van der Waals surface area contributed by atoms with E-state index in [0.29, 0.717) is 0 Å². The lowest BCUT2D eigenvalue weighted by Crippen LogP contribution is -2.16. The first kappa shape index (κ1) is 12.3. The molecule has 0 amide bonds. The van der Waals surface area contributed by atoms with Gasteiger partial charge in [0.05, 0.1) is 3.79 Å². The van der Waals surface area contributed by atoms with E-state index in [1.807, 2.05) is 17.8 Å². The van der Waals surface area contributed by atoms with Crippen LogP contribution in [-0.2, 0) is 6.54 Å². The second kappa shape index (κ2) is 7.51. The molecule has 0 unspecified atom stereocenters. The maximum Gasteiger partial charge on any atom is 0.0701 e. The molecule has 0 atom stereocenters. The molecule has 0 spiro atoms. The van der Waals surface area contributed by atoms with E-state index in [1.54, 1.807) is 11.3 Å². The molecule has 1 heterocycles. The molecule has 0 fully saturated rings. The van der Waals surface area contributed by atoms with E-state index in [-0.39, 0.29) is 0 Å². The molecule has 0 aliphatic carbocycles. The first-order chi connectivity index (χ1) is 6.83. The quantitative estimate of drug-likeness (QED) is 0.609. The van der Waals surface area contributed by atoms with E-state index in [9.17, 15) is 0 Å². The van der Waals surface area contributed by atoms with Crippen molar-refractivity contribution in [3.05, 3.63) is 33.5 Å². The van der Waals surface area contributed by atoms with E-state index in [4.69, 9.17) is 0 Å². The molecule has 0 aromatic carbocycles. The van der Waals surface area contributed by atoms with E-state index in [1.165, 1.54) is 9.35 Å². The third kappa shape index (κ3) is 5.20. The average molecular weight is 292 g/mol. The van der Waals surface area contributed by atoms with Gasteiger partial charge in [-0.15, -0.1) is 17.9 Å². The normalized spacial score (nSPS) is 10.4. The van der Waals surface area contributed by atoms with Crippen LogP contribution in [0.1, 0.15) is 5.56 Å². The van der Waals surface area contributed by atoms with Crippen molar-refractivity contribution in [2.45, 2.75) is 6.54 Å². The molecule has 0 saturated heterocycles. The fourth-order valence-electron chi connectivity index (χ4n) is 0.982. The first-order valence-electron chi connectivity index (χ1n) is 4.45. The molecule has 1 nitrogen and oxygen atoms in total.